The summed E-state index contributed by atoms with van der Waals surface area (Å²) >= 11 is 1.66. The highest BCUT2D eigenvalue weighted by Gasteiger charge is 2.31. The minimum absolute atomic E-state index is 0.00459. The topological polar surface area (TPSA) is 47.8 Å². The predicted octanol–water partition coefficient (Wildman–Crippen LogP) is 4.36. The van der Waals surface area contributed by atoms with Crippen molar-refractivity contribution in [3.05, 3.63) is 56.2 Å². The van der Waals surface area contributed by atoms with Gasteiger partial charge in [-0.2, -0.15) is 0 Å². The summed E-state index contributed by atoms with van der Waals surface area (Å²) in [4.78, 5) is 15.3. The van der Waals surface area contributed by atoms with Crippen molar-refractivity contribution in [2.45, 2.75) is 53.5 Å². The fourth-order valence-electron chi connectivity index (χ4n) is 3.92. The molecule has 0 fully saturated rings. The first-order valence-electron chi connectivity index (χ1n) is 9.27. The quantitative estimate of drug-likeness (QED) is 0.676. The van der Waals surface area contributed by atoms with Crippen molar-refractivity contribution in [3.8, 4) is 0 Å². The van der Waals surface area contributed by atoms with Gasteiger partial charge in [0.25, 0.3) is 5.56 Å². The van der Waals surface area contributed by atoms with Crippen molar-refractivity contribution < 1.29 is 0 Å². The first kappa shape index (κ1) is 17.4. The Kier molecular flexibility index (Phi) is 4.22. The van der Waals surface area contributed by atoms with E-state index in [0.717, 1.165) is 35.0 Å². The molecule has 0 bridgehead atoms. The van der Waals surface area contributed by atoms with Crippen molar-refractivity contribution in [3.63, 3.8) is 0 Å². The van der Waals surface area contributed by atoms with Crippen LogP contribution in [0.3, 0.4) is 0 Å². The molecular weight excluding hydrogens is 342 g/mol. The highest BCUT2D eigenvalue weighted by atomic mass is 32.1. The fraction of sp³-hybridized carbons (Fsp3) is 0.476. The average Bonchev–Trinajstić information content (AvgIpc) is 2.97. The van der Waals surface area contributed by atoms with Gasteiger partial charge in [0, 0.05) is 4.88 Å². The van der Waals surface area contributed by atoms with Crippen molar-refractivity contribution >= 4 is 21.6 Å². The SMILES string of the molecule is Cc1ccccc1Cn1nnc2sc3c(c2c1=O)CCC(C(C)(C)C)C3. The summed E-state index contributed by atoms with van der Waals surface area (Å²) in [5.41, 5.74) is 3.81. The van der Waals surface area contributed by atoms with Gasteiger partial charge in [0.1, 0.15) is 0 Å². The normalized spacial score (nSPS) is 17.5. The molecule has 26 heavy (non-hydrogen) atoms. The van der Waals surface area contributed by atoms with Gasteiger partial charge < -0.3 is 0 Å². The van der Waals surface area contributed by atoms with E-state index in [2.05, 4.69) is 44.1 Å². The third-order valence-corrected chi connectivity index (χ3v) is 6.88. The Morgan fingerprint density at radius 3 is 2.77 bits per heavy atom. The Labute approximate surface area is 157 Å². The van der Waals surface area contributed by atoms with Crippen LogP contribution in [0.5, 0.6) is 0 Å². The van der Waals surface area contributed by atoms with Gasteiger partial charge >= 0.3 is 0 Å². The zero-order valence-corrected chi connectivity index (χ0v) is 16.7. The molecule has 5 heteroatoms. The molecule has 1 unspecified atom stereocenters. The molecule has 0 amide bonds. The fourth-order valence-corrected chi connectivity index (χ4v) is 5.15. The number of aryl methyl sites for hydroxylation is 2. The van der Waals surface area contributed by atoms with Crippen LogP contribution in [0.2, 0.25) is 0 Å². The first-order valence-corrected chi connectivity index (χ1v) is 10.1. The van der Waals surface area contributed by atoms with E-state index in [9.17, 15) is 4.79 Å². The van der Waals surface area contributed by atoms with Gasteiger partial charge in [0.15, 0.2) is 4.83 Å². The maximum atomic E-state index is 13.1. The molecule has 4 rings (SSSR count). The van der Waals surface area contributed by atoms with Gasteiger partial charge in [-0.3, -0.25) is 4.79 Å². The average molecular weight is 368 g/mol. The maximum Gasteiger partial charge on any atom is 0.279 e. The van der Waals surface area contributed by atoms with Crippen molar-refractivity contribution in [2.75, 3.05) is 0 Å². The monoisotopic (exact) mass is 367 g/mol. The second kappa shape index (κ2) is 6.31. The maximum absolute atomic E-state index is 13.1. The second-order valence-electron chi connectivity index (χ2n) is 8.47. The molecule has 0 saturated carbocycles. The summed E-state index contributed by atoms with van der Waals surface area (Å²) in [7, 11) is 0. The number of aromatic nitrogens is 3. The van der Waals surface area contributed by atoms with Crippen molar-refractivity contribution in [1.29, 1.82) is 0 Å². The van der Waals surface area contributed by atoms with Crippen LogP contribution < -0.4 is 5.56 Å². The summed E-state index contributed by atoms with van der Waals surface area (Å²) in [6.45, 7) is 9.47. The summed E-state index contributed by atoms with van der Waals surface area (Å²) in [5.74, 6) is 0.658. The molecule has 0 N–H and O–H groups in total. The molecule has 0 aliphatic heterocycles. The van der Waals surface area contributed by atoms with Crippen molar-refractivity contribution in [1.82, 2.24) is 15.0 Å². The van der Waals surface area contributed by atoms with Crippen molar-refractivity contribution in [2.24, 2.45) is 11.3 Å². The van der Waals surface area contributed by atoms with Crippen LogP contribution in [0, 0.1) is 18.3 Å². The summed E-state index contributed by atoms with van der Waals surface area (Å²) in [6, 6.07) is 8.12. The number of rotatable bonds is 2. The summed E-state index contributed by atoms with van der Waals surface area (Å²) < 4.78 is 1.52. The third kappa shape index (κ3) is 2.98. The highest BCUT2D eigenvalue weighted by Crippen LogP contribution is 2.41. The Balaban J connectivity index is 1.75. The number of benzene rings is 1. The van der Waals surface area contributed by atoms with E-state index in [1.54, 1.807) is 11.3 Å². The third-order valence-electron chi connectivity index (χ3n) is 5.74. The van der Waals surface area contributed by atoms with E-state index in [-0.39, 0.29) is 5.56 Å². The minimum Gasteiger partial charge on any atom is -0.267 e. The van der Waals surface area contributed by atoms with Crippen LogP contribution in [0.25, 0.3) is 10.2 Å². The van der Waals surface area contributed by atoms with Gasteiger partial charge in [0.05, 0.1) is 11.9 Å². The smallest absolute Gasteiger partial charge is 0.267 e. The number of hydrogen-bond acceptors (Lipinski definition) is 4. The number of nitrogens with zero attached hydrogens (tertiary/aromatic N) is 3. The Hall–Kier alpha value is -2.01. The molecule has 2 heterocycles. The lowest BCUT2D eigenvalue weighted by molar-refractivity contribution is 0.218. The minimum atomic E-state index is 0.00459. The van der Waals surface area contributed by atoms with Gasteiger partial charge in [0.2, 0.25) is 0 Å². The van der Waals surface area contributed by atoms with Gasteiger partial charge in [-0.25, -0.2) is 4.68 Å². The molecule has 0 radical (unpaired) electrons. The van der Waals surface area contributed by atoms with E-state index < -0.39 is 0 Å². The Morgan fingerprint density at radius 2 is 2.04 bits per heavy atom. The van der Waals surface area contributed by atoms with E-state index >= 15 is 0 Å². The Bertz CT molecular complexity index is 1030. The number of thiophene rings is 1. The molecule has 1 aliphatic carbocycles. The van der Waals surface area contributed by atoms with Crippen LogP contribution in [-0.2, 0) is 19.4 Å². The molecule has 136 valence electrons. The van der Waals surface area contributed by atoms with Crippen LogP contribution in [0.15, 0.2) is 29.1 Å². The van der Waals surface area contributed by atoms with Crippen LogP contribution in [0.1, 0.15) is 48.8 Å². The van der Waals surface area contributed by atoms with E-state index in [1.165, 1.54) is 20.7 Å². The zero-order valence-electron chi connectivity index (χ0n) is 15.9. The molecular formula is C21H25N3OS. The first-order chi connectivity index (χ1) is 12.3. The standard InChI is InChI=1S/C21H25N3OS/c1-13-7-5-6-8-14(13)12-24-20(25)18-16-10-9-15(21(2,3)4)11-17(16)26-19(18)22-23-24/h5-8,15H,9-12H2,1-4H3. The van der Waals surface area contributed by atoms with Crippen LogP contribution in [-0.4, -0.2) is 15.0 Å². The Morgan fingerprint density at radius 1 is 1.27 bits per heavy atom. The van der Waals surface area contributed by atoms with E-state index in [1.807, 2.05) is 18.2 Å². The molecule has 4 nitrogen and oxygen atoms in total. The largest absolute Gasteiger partial charge is 0.279 e. The van der Waals surface area contributed by atoms with Crippen LogP contribution >= 0.6 is 11.3 Å². The summed E-state index contributed by atoms with van der Waals surface area (Å²) in [6.07, 6.45) is 3.17. The lowest BCUT2D eigenvalue weighted by atomic mass is 9.72. The molecule has 2 aromatic heterocycles. The van der Waals surface area contributed by atoms with E-state index in [0.29, 0.717) is 17.9 Å². The van der Waals surface area contributed by atoms with Crippen LogP contribution in [0.4, 0.5) is 0 Å². The predicted molar refractivity (Wildman–Crippen MR) is 107 cm³/mol. The number of hydrogen-bond donors (Lipinski definition) is 0. The van der Waals surface area contributed by atoms with Gasteiger partial charge in [-0.1, -0.05) is 50.3 Å². The number of fused-ring (bicyclic) bond motifs is 3. The molecule has 1 aromatic carbocycles. The van der Waals surface area contributed by atoms with Gasteiger partial charge in [-0.05, 0) is 54.2 Å². The van der Waals surface area contributed by atoms with Gasteiger partial charge in [-0.15, -0.1) is 16.4 Å². The lowest BCUT2D eigenvalue weighted by Crippen LogP contribution is -2.28. The molecule has 1 aliphatic rings. The highest BCUT2D eigenvalue weighted by molar-refractivity contribution is 7.18. The zero-order chi connectivity index (χ0) is 18.5. The molecule has 0 saturated heterocycles. The molecule has 1 atom stereocenters. The van der Waals surface area contributed by atoms with E-state index in [4.69, 9.17) is 0 Å². The second-order valence-corrected chi connectivity index (χ2v) is 9.55. The lowest BCUT2D eigenvalue weighted by Gasteiger charge is -2.33. The summed E-state index contributed by atoms with van der Waals surface area (Å²) in [5, 5.41) is 9.42. The molecule has 0 spiro atoms. The molecule has 3 aromatic rings.